The topological polar surface area (TPSA) is 26.3 Å². The minimum atomic E-state index is -0.174. The highest BCUT2D eigenvalue weighted by atomic mass is 16.5. The van der Waals surface area contributed by atoms with Crippen LogP contribution in [0.4, 0.5) is 0 Å². The molecule has 2 aliphatic rings. The molecule has 0 amide bonds. The molecule has 1 aromatic rings. The summed E-state index contributed by atoms with van der Waals surface area (Å²) in [5.74, 6) is 1.68. The van der Waals surface area contributed by atoms with Gasteiger partial charge in [-0.25, -0.2) is 0 Å². The summed E-state index contributed by atoms with van der Waals surface area (Å²) in [7, 11) is 0. The normalized spacial score (nSPS) is 30.2. The Labute approximate surface area is 139 Å². The Balaban J connectivity index is 1.79. The maximum absolute atomic E-state index is 12.9. The van der Waals surface area contributed by atoms with E-state index in [4.69, 9.17) is 4.74 Å². The van der Waals surface area contributed by atoms with Crippen molar-refractivity contribution < 1.29 is 9.53 Å². The van der Waals surface area contributed by atoms with E-state index in [2.05, 4.69) is 45.9 Å². The van der Waals surface area contributed by atoms with Crippen molar-refractivity contribution >= 4 is 11.9 Å². The Morgan fingerprint density at radius 3 is 2.48 bits per heavy atom. The molecule has 0 radical (unpaired) electrons. The fraction of sp³-hybridized carbons (Fsp3) is 0.571. The maximum atomic E-state index is 12.9. The van der Waals surface area contributed by atoms with Crippen LogP contribution in [0.25, 0.3) is 6.08 Å². The second-order valence-corrected chi connectivity index (χ2v) is 7.84. The number of carbonyl (C=O) groups is 1. The van der Waals surface area contributed by atoms with Gasteiger partial charge in [0.15, 0.2) is 5.78 Å². The number of carbonyl (C=O) groups excluding carboxylic acids is 1. The summed E-state index contributed by atoms with van der Waals surface area (Å²) in [5.41, 5.74) is 2.04. The minimum Gasteiger partial charge on any atom is -0.494 e. The molecule has 0 heterocycles. The molecule has 2 saturated carbocycles. The molecule has 2 nitrogen and oxygen atoms in total. The van der Waals surface area contributed by atoms with E-state index in [9.17, 15) is 4.79 Å². The number of rotatable bonds is 5. The fourth-order valence-electron chi connectivity index (χ4n) is 4.27. The molecule has 2 heteroatoms. The monoisotopic (exact) mass is 312 g/mol. The summed E-state index contributed by atoms with van der Waals surface area (Å²) in [6.45, 7) is 9.60. The van der Waals surface area contributed by atoms with Gasteiger partial charge >= 0.3 is 0 Å². The number of ketones is 1. The van der Waals surface area contributed by atoms with Gasteiger partial charge in [-0.3, -0.25) is 4.79 Å². The Morgan fingerprint density at radius 1 is 1.22 bits per heavy atom. The van der Waals surface area contributed by atoms with Gasteiger partial charge < -0.3 is 4.74 Å². The minimum absolute atomic E-state index is 0.0825. The molecule has 0 spiro atoms. The van der Waals surface area contributed by atoms with Crippen molar-refractivity contribution in [3.63, 3.8) is 0 Å². The molecule has 0 aromatic heterocycles. The third-order valence-corrected chi connectivity index (χ3v) is 6.33. The second-order valence-electron chi connectivity index (χ2n) is 7.84. The van der Waals surface area contributed by atoms with Gasteiger partial charge in [-0.15, -0.1) is 0 Å². The lowest BCUT2D eigenvalue weighted by atomic mass is 9.70. The summed E-state index contributed by atoms with van der Waals surface area (Å²) in [6.07, 6.45) is 6.50. The van der Waals surface area contributed by atoms with E-state index in [1.54, 1.807) is 0 Å². The van der Waals surface area contributed by atoms with Crippen LogP contribution < -0.4 is 4.74 Å². The number of hydrogen-bond acceptors (Lipinski definition) is 2. The maximum Gasteiger partial charge on any atom is 0.165 e. The molecule has 2 fully saturated rings. The molecule has 2 atom stereocenters. The second kappa shape index (κ2) is 5.81. The van der Waals surface area contributed by atoms with Crippen LogP contribution in [0.1, 0.15) is 58.9 Å². The van der Waals surface area contributed by atoms with Crippen LogP contribution in [-0.4, -0.2) is 12.4 Å². The van der Waals surface area contributed by atoms with E-state index in [1.807, 2.05) is 12.1 Å². The number of benzene rings is 1. The molecular weight excluding hydrogens is 284 g/mol. The first-order valence-electron chi connectivity index (χ1n) is 8.89. The Morgan fingerprint density at radius 2 is 1.91 bits per heavy atom. The van der Waals surface area contributed by atoms with Crippen LogP contribution in [0.3, 0.4) is 0 Å². The first-order chi connectivity index (χ1) is 10.9. The Hall–Kier alpha value is -1.57. The van der Waals surface area contributed by atoms with E-state index >= 15 is 0 Å². The molecule has 1 aromatic carbocycles. The first-order valence-corrected chi connectivity index (χ1v) is 8.89. The Kier molecular flexibility index (Phi) is 4.12. The summed E-state index contributed by atoms with van der Waals surface area (Å²) < 4.78 is 5.70. The largest absolute Gasteiger partial charge is 0.494 e. The van der Waals surface area contributed by atoms with Gasteiger partial charge in [-0.1, -0.05) is 46.2 Å². The van der Waals surface area contributed by atoms with E-state index in [0.717, 1.165) is 49.2 Å². The van der Waals surface area contributed by atoms with Crippen LogP contribution in [0.15, 0.2) is 29.8 Å². The van der Waals surface area contributed by atoms with Crippen molar-refractivity contribution in [1.82, 2.24) is 0 Å². The third-order valence-electron chi connectivity index (χ3n) is 6.33. The van der Waals surface area contributed by atoms with Crippen LogP contribution in [0.2, 0.25) is 0 Å². The number of ether oxygens (including phenoxy) is 1. The average Bonchev–Trinajstić information content (AvgIpc) is 2.83. The lowest BCUT2D eigenvalue weighted by molar-refractivity contribution is -0.125. The van der Waals surface area contributed by atoms with Crippen molar-refractivity contribution in [2.75, 3.05) is 6.61 Å². The van der Waals surface area contributed by atoms with Gasteiger partial charge in [0.25, 0.3) is 0 Å². The number of fused-ring (bicyclic) bond motifs is 2. The van der Waals surface area contributed by atoms with Crippen LogP contribution >= 0.6 is 0 Å². The molecule has 23 heavy (non-hydrogen) atoms. The highest BCUT2D eigenvalue weighted by Gasteiger charge is 2.63. The predicted molar refractivity (Wildman–Crippen MR) is 94.4 cm³/mol. The zero-order valence-corrected chi connectivity index (χ0v) is 14.8. The first kappa shape index (κ1) is 16.3. The molecule has 124 valence electrons. The molecule has 2 aliphatic carbocycles. The van der Waals surface area contributed by atoms with Crippen molar-refractivity contribution in [3.8, 4) is 5.75 Å². The number of unbranched alkanes of at least 4 members (excludes halogenated alkanes) is 1. The smallest absolute Gasteiger partial charge is 0.165 e. The van der Waals surface area contributed by atoms with Gasteiger partial charge in [0.1, 0.15) is 5.75 Å². The number of allylic oxidation sites excluding steroid dienone is 1. The molecule has 0 aliphatic heterocycles. The summed E-state index contributed by atoms with van der Waals surface area (Å²) in [5, 5.41) is 0. The summed E-state index contributed by atoms with van der Waals surface area (Å²) >= 11 is 0. The van der Waals surface area contributed by atoms with Crippen LogP contribution in [0.5, 0.6) is 5.75 Å². The highest BCUT2D eigenvalue weighted by molar-refractivity contribution is 6.07. The average molecular weight is 312 g/mol. The number of Topliss-reactive ketones (excluding diaryl/α,β-unsaturated/α-hetero) is 1. The fourth-order valence-corrected chi connectivity index (χ4v) is 4.27. The van der Waals surface area contributed by atoms with Crippen molar-refractivity contribution in [2.24, 2.45) is 16.7 Å². The van der Waals surface area contributed by atoms with Gasteiger partial charge in [-0.05, 0) is 59.9 Å². The lowest BCUT2D eigenvalue weighted by Gasteiger charge is -2.31. The van der Waals surface area contributed by atoms with Crippen LogP contribution in [-0.2, 0) is 4.79 Å². The van der Waals surface area contributed by atoms with Gasteiger partial charge in [-0.2, -0.15) is 0 Å². The standard InChI is InChI=1S/C21H28O2/c1-5-6-13-23-16-9-7-15(8-10-16)14-17-18-11-12-21(4,19(17)22)20(18,2)3/h7-10,14,18H,5-6,11-13H2,1-4H3. The molecular formula is C21H28O2. The molecule has 0 N–H and O–H groups in total. The molecule has 2 unspecified atom stereocenters. The van der Waals surface area contributed by atoms with E-state index in [0.29, 0.717) is 11.7 Å². The molecule has 3 rings (SSSR count). The van der Waals surface area contributed by atoms with Crippen molar-refractivity contribution in [3.05, 3.63) is 35.4 Å². The zero-order chi connectivity index (χ0) is 16.7. The Bertz CT molecular complexity index is 624. The SMILES string of the molecule is CCCCOc1ccc(C=C2C(=O)C3(C)CCC2C3(C)C)cc1. The van der Waals surface area contributed by atoms with Gasteiger partial charge in [0.2, 0.25) is 0 Å². The van der Waals surface area contributed by atoms with Crippen molar-refractivity contribution in [2.45, 2.75) is 53.4 Å². The van der Waals surface area contributed by atoms with Gasteiger partial charge in [0, 0.05) is 5.41 Å². The lowest BCUT2D eigenvalue weighted by Crippen LogP contribution is -2.32. The van der Waals surface area contributed by atoms with Crippen LogP contribution in [0, 0.1) is 16.7 Å². The van der Waals surface area contributed by atoms with E-state index in [1.165, 1.54) is 0 Å². The molecule has 0 saturated heterocycles. The highest BCUT2D eigenvalue weighted by Crippen LogP contribution is 2.65. The van der Waals surface area contributed by atoms with E-state index in [-0.39, 0.29) is 10.8 Å². The third kappa shape index (κ3) is 2.52. The van der Waals surface area contributed by atoms with Crippen molar-refractivity contribution in [1.29, 1.82) is 0 Å². The molecule has 2 bridgehead atoms. The number of hydrogen-bond donors (Lipinski definition) is 0. The summed E-state index contributed by atoms with van der Waals surface area (Å²) in [4.78, 5) is 12.9. The zero-order valence-electron chi connectivity index (χ0n) is 14.8. The quantitative estimate of drug-likeness (QED) is 0.546. The predicted octanol–water partition coefficient (Wildman–Crippen LogP) is 5.27. The van der Waals surface area contributed by atoms with Gasteiger partial charge in [0.05, 0.1) is 6.61 Å². The summed E-state index contributed by atoms with van der Waals surface area (Å²) in [6, 6.07) is 8.13. The van der Waals surface area contributed by atoms with E-state index < -0.39 is 0 Å².